The SMILES string of the molecule is CCCOc1ccc(C(Br)C(CC)CC)cc1OCCC. The average Bonchev–Trinajstić information content (AvgIpc) is 2.52. The molecule has 0 N–H and O–H groups in total. The highest BCUT2D eigenvalue weighted by Gasteiger charge is 2.19. The largest absolute Gasteiger partial charge is 0.490 e. The summed E-state index contributed by atoms with van der Waals surface area (Å²) in [6.45, 7) is 10.2. The van der Waals surface area contributed by atoms with Gasteiger partial charge in [-0.05, 0) is 36.5 Å². The summed E-state index contributed by atoms with van der Waals surface area (Å²) in [5.41, 5.74) is 1.28. The summed E-state index contributed by atoms with van der Waals surface area (Å²) in [6, 6.07) is 6.34. The molecule has 0 saturated carbocycles. The Morgan fingerprint density at radius 2 is 1.48 bits per heavy atom. The second-order valence-electron chi connectivity index (χ2n) is 5.38. The normalized spacial score (nSPS) is 12.5. The van der Waals surface area contributed by atoms with Crippen molar-refractivity contribution in [2.45, 2.75) is 58.2 Å². The third-order valence-corrected chi connectivity index (χ3v) is 4.95. The van der Waals surface area contributed by atoms with E-state index in [-0.39, 0.29) is 0 Å². The molecule has 1 atom stereocenters. The molecule has 0 heterocycles. The monoisotopic (exact) mass is 356 g/mol. The van der Waals surface area contributed by atoms with Crippen LogP contribution in [0.1, 0.15) is 63.8 Å². The van der Waals surface area contributed by atoms with Crippen LogP contribution in [0.3, 0.4) is 0 Å². The molecule has 0 aliphatic heterocycles. The zero-order valence-electron chi connectivity index (χ0n) is 13.8. The minimum absolute atomic E-state index is 0.372. The van der Waals surface area contributed by atoms with Gasteiger partial charge in [0.2, 0.25) is 0 Å². The number of alkyl halides is 1. The van der Waals surface area contributed by atoms with Gasteiger partial charge in [-0.3, -0.25) is 0 Å². The highest BCUT2D eigenvalue weighted by atomic mass is 79.9. The minimum atomic E-state index is 0.372. The molecule has 1 aromatic carbocycles. The second-order valence-corrected chi connectivity index (χ2v) is 6.37. The van der Waals surface area contributed by atoms with E-state index in [9.17, 15) is 0 Å². The van der Waals surface area contributed by atoms with Crippen molar-refractivity contribution in [1.29, 1.82) is 0 Å². The maximum absolute atomic E-state index is 5.88. The summed E-state index contributed by atoms with van der Waals surface area (Å²) in [5.74, 6) is 2.38. The Morgan fingerprint density at radius 3 is 2.00 bits per heavy atom. The number of hydrogen-bond acceptors (Lipinski definition) is 2. The molecule has 3 heteroatoms. The third kappa shape index (κ3) is 5.54. The number of rotatable bonds is 10. The van der Waals surface area contributed by atoms with Gasteiger partial charge >= 0.3 is 0 Å². The Balaban J connectivity index is 2.96. The second kappa shape index (κ2) is 10.1. The molecule has 0 aliphatic carbocycles. The van der Waals surface area contributed by atoms with Crippen LogP contribution < -0.4 is 9.47 Å². The Labute approximate surface area is 138 Å². The van der Waals surface area contributed by atoms with Crippen LogP contribution in [0.15, 0.2) is 18.2 Å². The van der Waals surface area contributed by atoms with Crippen LogP contribution in [0.4, 0.5) is 0 Å². The van der Waals surface area contributed by atoms with Crippen LogP contribution in [0.25, 0.3) is 0 Å². The summed E-state index contributed by atoms with van der Waals surface area (Å²) in [7, 11) is 0. The van der Waals surface area contributed by atoms with Crippen molar-refractivity contribution < 1.29 is 9.47 Å². The maximum atomic E-state index is 5.88. The molecule has 0 aromatic heterocycles. The average molecular weight is 357 g/mol. The quantitative estimate of drug-likeness (QED) is 0.469. The van der Waals surface area contributed by atoms with Crippen molar-refractivity contribution in [3.63, 3.8) is 0 Å². The first-order valence-corrected chi connectivity index (χ1v) is 9.12. The predicted molar refractivity (Wildman–Crippen MR) is 93.8 cm³/mol. The maximum Gasteiger partial charge on any atom is 0.161 e. The Morgan fingerprint density at radius 1 is 0.905 bits per heavy atom. The van der Waals surface area contributed by atoms with Crippen LogP contribution in [0, 0.1) is 5.92 Å². The first-order valence-electron chi connectivity index (χ1n) is 8.21. The summed E-state index contributed by atoms with van der Waals surface area (Å²) in [4.78, 5) is 0.372. The van der Waals surface area contributed by atoms with E-state index in [1.165, 1.54) is 18.4 Å². The van der Waals surface area contributed by atoms with Crippen molar-refractivity contribution in [1.82, 2.24) is 0 Å². The molecule has 0 bridgehead atoms. The van der Waals surface area contributed by atoms with E-state index in [0.29, 0.717) is 10.7 Å². The van der Waals surface area contributed by atoms with E-state index in [0.717, 1.165) is 37.6 Å². The minimum Gasteiger partial charge on any atom is -0.490 e. The van der Waals surface area contributed by atoms with Gasteiger partial charge in [0.05, 0.1) is 13.2 Å². The Kier molecular flexibility index (Phi) is 8.82. The number of hydrogen-bond donors (Lipinski definition) is 0. The number of halogens is 1. The zero-order valence-corrected chi connectivity index (χ0v) is 15.4. The molecule has 0 aliphatic rings. The summed E-state index contributed by atoms with van der Waals surface area (Å²) in [6.07, 6.45) is 4.35. The molecular formula is C18H29BrO2. The van der Waals surface area contributed by atoms with E-state index >= 15 is 0 Å². The van der Waals surface area contributed by atoms with Crippen LogP contribution in [0.5, 0.6) is 11.5 Å². The van der Waals surface area contributed by atoms with Gasteiger partial charge in [-0.1, -0.05) is 62.5 Å². The lowest BCUT2D eigenvalue weighted by Crippen LogP contribution is -2.07. The van der Waals surface area contributed by atoms with Crippen LogP contribution in [-0.2, 0) is 0 Å². The molecule has 1 rings (SSSR count). The van der Waals surface area contributed by atoms with Crippen molar-refractivity contribution in [2.24, 2.45) is 5.92 Å². The topological polar surface area (TPSA) is 18.5 Å². The van der Waals surface area contributed by atoms with E-state index in [1.807, 2.05) is 6.07 Å². The van der Waals surface area contributed by atoms with Gasteiger partial charge in [0.1, 0.15) is 0 Å². The van der Waals surface area contributed by atoms with Gasteiger partial charge < -0.3 is 9.47 Å². The number of ether oxygens (including phenoxy) is 2. The van der Waals surface area contributed by atoms with Gasteiger partial charge in [0.25, 0.3) is 0 Å². The highest BCUT2D eigenvalue weighted by Crippen LogP contribution is 2.39. The fraction of sp³-hybridized carbons (Fsp3) is 0.667. The standard InChI is InChI=1S/C18H29BrO2/c1-5-11-20-16-10-9-15(13-17(16)21-12-6-2)18(19)14(7-3)8-4/h9-10,13-14,18H,5-8,11-12H2,1-4H3. The van der Waals surface area contributed by atoms with Gasteiger partial charge in [0.15, 0.2) is 11.5 Å². The molecular weight excluding hydrogens is 328 g/mol. The lowest BCUT2D eigenvalue weighted by atomic mass is 9.94. The van der Waals surface area contributed by atoms with Gasteiger partial charge in [0, 0.05) is 4.83 Å². The fourth-order valence-electron chi connectivity index (χ4n) is 2.33. The molecule has 120 valence electrons. The van der Waals surface area contributed by atoms with E-state index < -0.39 is 0 Å². The predicted octanol–water partition coefficient (Wildman–Crippen LogP) is 6.14. The molecule has 1 aromatic rings. The van der Waals surface area contributed by atoms with Crippen molar-refractivity contribution in [3.05, 3.63) is 23.8 Å². The molecule has 0 saturated heterocycles. The lowest BCUT2D eigenvalue weighted by molar-refractivity contribution is 0.268. The molecule has 2 nitrogen and oxygen atoms in total. The van der Waals surface area contributed by atoms with Crippen LogP contribution in [0.2, 0.25) is 0 Å². The fourth-order valence-corrected chi connectivity index (χ4v) is 3.36. The Bertz CT molecular complexity index is 402. The highest BCUT2D eigenvalue weighted by molar-refractivity contribution is 9.09. The van der Waals surface area contributed by atoms with E-state index in [1.54, 1.807) is 0 Å². The summed E-state index contributed by atoms with van der Waals surface area (Å²) < 4.78 is 11.7. The van der Waals surface area contributed by atoms with Crippen molar-refractivity contribution in [3.8, 4) is 11.5 Å². The van der Waals surface area contributed by atoms with Crippen molar-refractivity contribution >= 4 is 15.9 Å². The zero-order chi connectivity index (χ0) is 15.7. The molecule has 1 unspecified atom stereocenters. The molecule has 0 spiro atoms. The van der Waals surface area contributed by atoms with E-state index in [2.05, 4.69) is 55.8 Å². The van der Waals surface area contributed by atoms with Crippen LogP contribution >= 0.6 is 15.9 Å². The molecule has 0 fully saturated rings. The van der Waals surface area contributed by atoms with Crippen LogP contribution in [-0.4, -0.2) is 13.2 Å². The van der Waals surface area contributed by atoms with Crippen molar-refractivity contribution in [2.75, 3.05) is 13.2 Å². The van der Waals surface area contributed by atoms with Gasteiger partial charge in [-0.25, -0.2) is 0 Å². The lowest BCUT2D eigenvalue weighted by Gasteiger charge is -2.21. The molecule has 0 amide bonds. The Hall–Kier alpha value is -0.700. The molecule has 0 radical (unpaired) electrons. The first kappa shape index (κ1) is 18.3. The van der Waals surface area contributed by atoms with Gasteiger partial charge in [-0.2, -0.15) is 0 Å². The van der Waals surface area contributed by atoms with E-state index in [4.69, 9.17) is 9.47 Å². The summed E-state index contributed by atoms with van der Waals surface area (Å²) >= 11 is 3.86. The number of benzene rings is 1. The molecule has 21 heavy (non-hydrogen) atoms. The smallest absolute Gasteiger partial charge is 0.161 e. The summed E-state index contributed by atoms with van der Waals surface area (Å²) in [5, 5.41) is 0. The third-order valence-electron chi connectivity index (χ3n) is 3.67. The first-order chi connectivity index (χ1) is 10.2. The van der Waals surface area contributed by atoms with Gasteiger partial charge in [-0.15, -0.1) is 0 Å².